The SMILES string of the molecule is C[C@]12CC3CC(NC4COO4)(C1)C[C@@](C)(C3)C2. The van der Waals surface area contributed by atoms with Crippen molar-refractivity contribution in [2.45, 2.75) is 64.1 Å². The van der Waals surface area contributed by atoms with Crippen LogP contribution in [0.5, 0.6) is 0 Å². The maximum atomic E-state index is 5.12. The van der Waals surface area contributed by atoms with Gasteiger partial charge in [0.25, 0.3) is 0 Å². The number of nitrogens with one attached hydrogen (secondary N) is 1. The highest BCUT2D eigenvalue weighted by molar-refractivity contribution is 5.14. The fourth-order valence-corrected chi connectivity index (χ4v) is 6.15. The Morgan fingerprint density at radius 3 is 2.12 bits per heavy atom. The molecule has 4 aliphatic carbocycles. The third kappa shape index (κ3) is 1.59. The van der Waals surface area contributed by atoms with Gasteiger partial charge in [-0.1, -0.05) is 13.8 Å². The van der Waals surface area contributed by atoms with Gasteiger partial charge in [-0.2, -0.15) is 0 Å². The van der Waals surface area contributed by atoms with Gasteiger partial charge in [0.15, 0.2) is 6.23 Å². The molecular formula is C14H23NO2. The first-order valence-electron chi connectivity index (χ1n) is 7.04. The predicted molar refractivity (Wildman–Crippen MR) is 64.1 cm³/mol. The highest BCUT2D eigenvalue weighted by Crippen LogP contribution is 2.66. The van der Waals surface area contributed by atoms with Crippen LogP contribution in [0.15, 0.2) is 0 Å². The first kappa shape index (κ1) is 10.8. The summed E-state index contributed by atoms with van der Waals surface area (Å²) < 4.78 is 0. The third-order valence-corrected chi connectivity index (χ3v) is 5.50. The molecule has 1 aliphatic heterocycles. The van der Waals surface area contributed by atoms with Gasteiger partial charge in [-0.05, 0) is 55.3 Å². The van der Waals surface area contributed by atoms with Crippen molar-refractivity contribution in [3.8, 4) is 0 Å². The van der Waals surface area contributed by atoms with Crippen LogP contribution in [0.25, 0.3) is 0 Å². The van der Waals surface area contributed by atoms with E-state index in [-0.39, 0.29) is 6.23 Å². The lowest BCUT2D eigenvalue weighted by molar-refractivity contribution is -0.436. The van der Waals surface area contributed by atoms with Crippen LogP contribution >= 0.6 is 0 Å². The molecule has 1 N–H and O–H groups in total. The molecule has 4 saturated carbocycles. The fraction of sp³-hybridized carbons (Fsp3) is 1.00. The van der Waals surface area contributed by atoms with E-state index in [0.717, 1.165) is 12.5 Å². The normalized spacial score (nSPS) is 60.4. The molecule has 3 heteroatoms. The maximum Gasteiger partial charge on any atom is 0.170 e. The Labute approximate surface area is 103 Å². The topological polar surface area (TPSA) is 30.5 Å². The molecule has 1 saturated heterocycles. The summed E-state index contributed by atoms with van der Waals surface area (Å²) in [5.74, 6) is 0.940. The lowest BCUT2D eigenvalue weighted by Crippen LogP contribution is -2.67. The zero-order valence-electron chi connectivity index (χ0n) is 10.9. The fourth-order valence-electron chi connectivity index (χ4n) is 6.15. The summed E-state index contributed by atoms with van der Waals surface area (Å²) in [6.07, 6.45) is 8.53. The Balaban J connectivity index is 1.63. The van der Waals surface area contributed by atoms with Gasteiger partial charge in [-0.15, -0.1) is 0 Å². The molecule has 5 fully saturated rings. The van der Waals surface area contributed by atoms with E-state index in [2.05, 4.69) is 19.2 Å². The number of hydrogen-bond acceptors (Lipinski definition) is 3. The minimum atomic E-state index is 0.151. The summed E-state index contributed by atoms with van der Waals surface area (Å²) in [5, 5.41) is 3.76. The van der Waals surface area contributed by atoms with E-state index in [1.165, 1.54) is 38.5 Å². The Bertz CT molecular complexity index is 334. The van der Waals surface area contributed by atoms with Crippen LogP contribution in [0, 0.1) is 16.7 Å². The van der Waals surface area contributed by atoms with Gasteiger partial charge in [-0.3, -0.25) is 5.32 Å². The Morgan fingerprint density at radius 2 is 1.65 bits per heavy atom. The van der Waals surface area contributed by atoms with Crippen molar-refractivity contribution >= 4 is 0 Å². The van der Waals surface area contributed by atoms with Crippen LogP contribution in [0.3, 0.4) is 0 Å². The second kappa shape index (κ2) is 3.06. The van der Waals surface area contributed by atoms with E-state index in [0.29, 0.717) is 16.4 Å². The Hall–Kier alpha value is -0.120. The molecule has 0 radical (unpaired) electrons. The summed E-state index contributed by atoms with van der Waals surface area (Å²) in [7, 11) is 0. The van der Waals surface area contributed by atoms with Crippen LogP contribution in [-0.2, 0) is 9.78 Å². The van der Waals surface area contributed by atoms with Crippen LogP contribution < -0.4 is 5.32 Å². The number of rotatable bonds is 2. The van der Waals surface area contributed by atoms with E-state index in [1.54, 1.807) is 0 Å². The van der Waals surface area contributed by atoms with Crippen molar-refractivity contribution in [1.29, 1.82) is 0 Å². The highest BCUT2D eigenvalue weighted by atomic mass is 17.2. The van der Waals surface area contributed by atoms with Crippen molar-refractivity contribution in [2.75, 3.05) is 6.61 Å². The van der Waals surface area contributed by atoms with E-state index in [9.17, 15) is 0 Å². The molecule has 0 amide bonds. The second-order valence-electron chi connectivity index (χ2n) is 7.92. The second-order valence-corrected chi connectivity index (χ2v) is 7.92. The van der Waals surface area contributed by atoms with Gasteiger partial charge in [0.05, 0.1) is 0 Å². The lowest BCUT2D eigenvalue weighted by atomic mass is 9.43. The predicted octanol–water partition coefficient (Wildman–Crippen LogP) is 2.61. The van der Waals surface area contributed by atoms with Crippen molar-refractivity contribution < 1.29 is 9.78 Å². The smallest absolute Gasteiger partial charge is 0.170 e. The molecule has 5 atom stereocenters. The standard InChI is InChI=1S/C14H23NO2/c1-12-3-10-4-13(2,7-12)9-14(5-10,8-12)15-11-6-16-17-11/h10-11,15H,3-9H2,1-2H3/t10?,11?,12-,13+,14?. The summed E-state index contributed by atoms with van der Waals surface area (Å²) in [6.45, 7) is 5.73. The van der Waals surface area contributed by atoms with Crippen molar-refractivity contribution in [2.24, 2.45) is 16.7 Å². The van der Waals surface area contributed by atoms with Gasteiger partial charge >= 0.3 is 0 Å². The molecule has 0 aromatic heterocycles. The van der Waals surface area contributed by atoms with E-state index < -0.39 is 0 Å². The molecule has 5 rings (SSSR count). The average molecular weight is 237 g/mol. The van der Waals surface area contributed by atoms with E-state index in [1.807, 2.05) is 0 Å². The van der Waals surface area contributed by atoms with Gasteiger partial charge in [0.1, 0.15) is 6.61 Å². The van der Waals surface area contributed by atoms with E-state index >= 15 is 0 Å². The van der Waals surface area contributed by atoms with E-state index in [4.69, 9.17) is 9.78 Å². The zero-order chi connectivity index (χ0) is 11.7. The molecule has 1 heterocycles. The van der Waals surface area contributed by atoms with Gasteiger partial charge in [0, 0.05) is 5.54 Å². The first-order chi connectivity index (χ1) is 7.99. The largest absolute Gasteiger partial charge is 0.282 e. The molecule has 3 nitrogen and oxygen atoms in total. The minimum absolute atomic E-state index is 0.151. The summed E-state index contributed by atoms with van der Waals surface area (Å²) in [5.41, 5.74) is 1.49. The molecule has 0 aromatic rings. The lowest BCUT2D eigenvalue weighted by Gasteiger charge is -2.66. The molecule has 4 bridgehead atoms. The Morgan fingerprint density at radius 1 is 1.00 bits per heavy atom. The number of hydrogen-bond donors (Lipinski definition) is 1. The minimum Gasteiger partial charge on any atom is -0.282 e. The van der Waals surface area contributed by atoms with Crippen molar-refractivity contribution in [3.05, 3.63) is 0 Å². The van der Waals surface area contributed by atoms with Crippen LogP contribution in [0.4, 0.5) is 0 Å². The first-order valence-corrected chi connectivity index (χ1v) is 7.04. The maximum absolute atomic E-state index is 5.12. The average Bonchev–Trinajstić information content (AvgIpc) is 2.05. The van der Waals surface area contributed by atoms with Crippen LogP contribution in [0.1, 0.15) is 52.4 Å². The van der Waals surface area contributed by atoms with Gasteiger partial charge in [-0.25, -0.2) is 9.78 Å². The van der Waals surface area contributed by atoms with Crippen molar-refractivity contribution in [1.82, 2.24) is 5.32 Å². The molecule has 5 aliphatic rings. The van der Waals surface area contributed by atoms with Crippen molar-refractivity contribution in [3.63, 3.8) is 0 Å². The molecular weight excluding hydrogens is 214 g/mol. The summed E-state index contributed by atoms with van der Waals surface area (Å²) in [4.78, 5) is 9.96. The zero-order valence-corrected chi connectivity index (χ0v) is 10.9. The third-order valence-electron chi connectivity index (χ3n) is 5.50. The quantitative estimate of drug-likeness (QED) is 0.749. The van der Waals surface area contributed by atoms with Crippen LogP contribution in [-0.4, -0.2) is 18.4 Å². The summed E-state index contributed by atoms with van der Waals surface area (Å²) in [6, 6.07) is 0. The summed E-state index contributed by atoms with van der Waals surface area (Å²) >= 11 is 0. The molecule has 0 aromatic carbocycles. The Kier molecular flexibility index (Phi) is 1.94. The van der Waals surface area contributed by atoms with Gasteiger partial charge < -0.3 is 0 Å². The van der Waals surface area contributed by atoms with Crippen LogP contribution in [0.2, 0.25) is 0 Å². The molecule has 3 unspecified atom stereocenters. The molecule has 0 spiro atoms. The highest BCUT2D eigenvalue weighted by Gasteiger charge is 2.60. The monoisotopic (exact) mass is 237 g/mol. The molecule has 96 valence electrons. The molecule has 17 heavy (non-hydrogen) atoms. The van der Waals surface area contributed by atoms with Gasteiger partial charge in [0.2, 0.25) is 0 Å².